The minimum absolute atomic E-state index is 0.332. The van der Waals surface area contributed by atoms with E-state index in [1.165, 1.54) is 11.1 Å². The molecule has 0 spiro atoms. The number of carbonyl (C=O) groups excluding carboxylic acids is 2. The number of nitrogens with zero attached hydrogens (tertiary/aromatic N) is 1. The molecule has 2 aliphatic rings. The van der Waals surface area contributed by atoms with Gasteiger partial charge in [-0.25, -0.2) is 18.7 Å². The molecule has 1 fully saturated rings. The average molecular weight is 477 g/mol. The molecular weight excluding hydrogens is 449 g/mol. The first-order chi connectivity index (χ1) is 15.1. The molecule has 0 aromatic carbocycles. The van der Waals surface area contributed by atoms with Crippen LogP contribution in [0.3, 0.4) is 0 Å². The van der Waals surface area contributed by atoms with Crippen molar-refractivity contribution >= 4 is 20.0 Å². The summed E-state index contributed by atoms with van der Waals surface area (Å²) in [5.41, 5.74) is 4.41. The molecule has 0 aromatic heterocycles. The Hall–Kier alpha value is -2.17. The molecule has 13 nitrogen and oxygen atoms in total. The normalized spacial score (nSPS) is 26.8. The largest absolute Gasteiger partial charge is 0.510 e. The molecule has 2 heterocycles. The van der Waals surface area contributed by atoms with Crippen LogP contribution >= 0.6 is 7.82 Å². The van der Waals surface area contributed by atoms with Crippen LogP contribution in [-0.2, 0) is 32.3 Å². The second kappa shape index (κ2) is 11.6. The maximum Gasteiger partial charge on any atom is 0.510 e. The summed E-state index contributed by atoms with van der Waals surface area (Å²) >= 11 is 0. The third-order valence-corrected chi connectivity index (χ3v) is 5.49. The van der Waals surface area contributed by atoms with Crippen molar-refractivity contribution in [1.29, 1.82) is 0 Å². The molecule has 4 atom stereocenters. The molecule has 2 amide bonds. The number of nitrogens with two attached hydrogens (primary N) is 1. The highest BCUT2D eigenvalue weighted by Crippen LogP contribution is 2.50. The molecule has 2 aliphatic heterocycles. The summed E-state index contributed by atoms with van der Waals surface area (Å²) < 4.78 is 42.9. The van der Waals surface area contributed by atoms with Crippen molar-refractivity contribution < 1.29 is 47.0 Å². The molecular formula is C18H28N3O10P. The lowest BCUT2D eigenvalue weighted by atomic mass is 10.0. The number of urea groups is 1. The van der Waals surface area contributed by atoms with E-state index in [-0.39, 0.29) is 6.61 Å². The number of aliphatic hydroxyl groups excluding tert-OH is 1. The van der Waals surface area contributed by atoms with Gasteiger partial charge in [0, 0.05) is 6.20 Å². The highest BCUT2D eigenvalue weighted by Gasteiger charge is 2.45. The van der Waals surface area contributed by atoms with E-state index in [2.05, 4.69) is 26.4 Å². The zero-order valence-electron chi connectivity index (χ0n) is 18.0. The minimum atomic E-state index is -4.35. The Balaban J connectivity index is 2.00. The number of hydrogen-bond donors (Lipinski definition) is 3. The Morgan fingerprint density at radius 3 is 2.84 bits per heavy atom. The van der Waals surface area contributed by atoms with Gasteiger partial charge in [0.05, 0.1) is 18.9 Å². The Morgan fingerprint density at radius 1 is 1.47 bits per heavy atom. The van der Waals surface area contributed by atoms with E-state index in [1.54, 1.807) is 26.8 Å². The fourth-order valence-electron chi connectivity index (χ4n) is 2.87. The van der Waals surface area contributed by atoms with Gasteiger partial charge >= 0.3 is 20.0 Å². The summed E-state index contributed by atoms with van der Waals surface area (Å²) in [6.07, 6.45) is 1.11. The fraction of sp³-hybridized carbons (Fsp3) is 0.667. The summed E-state index contributed by atoms with van der Waals surface area (Å²) in [4.78, 5) is 24.9. The Kier molecular flexibility index (Phi) is 9.47. The van der Waals surface area contributed by atoms with Crippen molar-refractivity contribution in [2.75, 3.05) is 20.2 Å². The number of phosphoric ester groups is 1. The molecule has 0 aliphatic carbocycles. The Labute approximate surface area is 185 Å². The van der Waals surface area contributed by atoms with Crippen LogP contribution in [0.5, 0.6) is 0 Å². The third kappa shape index (κ3) is 7.46. The van der Waals surface area contributed by atoms with E-state index in [9.17, 15) is 14.2 Å². The number of rotatable bonds is 10. The van der Waals surface area contributed by atoms with Gasteiger partial charge < -0.3 is 30.4 Å². The van der Waals surface area contributed by atoms with E-state index in [0.717, 1.165) is 0 Å². The Morgan fingerprint density at radius 2 is 2.22 bits per heavy atom. The van der Waals surface area contributed by atoms with E-state index >= 15 is 0 Å². The maximum atomic E-state index is 12.7. The van der Waals surface area contributed by atoms with Gasteiger partial charge in [-0.3, -0.25) is 13.9 Å². The summed E-state index contributed by atoms with van der Waals surface area (Å²) in [6, 6.07) is -0.436. The standard InChI is InChI=1S/C18H28N3O10P/c1-4-7-18(8-5-15(31-18)21-9-6-14(19)20-16(21)23)10-27-32(25,28-11-22)29-12-26-17(24)30-13(2)3/h6,9,13-15,22H,5,8,10-12,19H2,1-3H3,(H,20,23)/t14?,15-,18+,32?/m1/s1. The maximum absolute atomic E-state index is 12.7. The van der Waals surface area contributed by atoms with Gasteiger partial charge in [-0.05, 0) is 39.7 Å². The molecule has 0 aromatic rings. The van der Waals surface area contributed by atoms with Crippen LogP contribution in [0.4, 0.5) is 9.59 Å². The van der Waals surface area contributed by atoms with Gasteiger partial charge in [-0.1, -0.05) is 5.92 Å². The first kappa shape index (κ1) is 26.1. The smallest absolute Gasteiger partial charge is 0.432 e. The predicted octanol–water partition coefficient (Wildman–Crippen LogP) is 1.34. The molecule has 180 valence electrons. The van der Waals surface area contributed by atoms with Crippen molar-refractivity contribution in [1.82, 2.24) is 10.2 Å². The molecule has 2 rings (SSSR count). The quantitative estimate of drug-likeness (QED) is 0.180. The molecule has 4 N–H and O–H groups in total. The van der Waals surface area contributed by atoms with Crippen LogP contribution in [0.25, 0.3) is 0 Å². The first-order valence-electron chi connectivity index (χ1n) is 9.74. The average Bonchev–Trinajstić information content (AvgIpc) is 3.11. The summed E-state index contributed by atoms with van der Waals surface area (Å²) in [5.74, 6) is 5.57. The van der Waals surface area contributed by atoms with Crippen molar-refractivity contribution in [3.05, 3.63) is 12.3 Å². The van der Waals surface area contributed by atoms with E-state index < -0.39 is 57.7 Å². The lowest BCUT2D eigenvalue weighted by molar-refractivity contribution is -0.0817. The SMILES string of the molecule is CC#C[C@@]1(COP(=O)(OCO)OCOC(=O)OC(C)C)CC[C@H](N2C=CC(N)NC2=O)O1. The van der Waals surface area contributed by atoms with Gasteiger partial charge in [-0.2, -0.15) is 0 Å². The minimum Gasteiger partial charge on any atom is -0.432 e. The number of hydrogen-bond acceptors (Lipinski definition) is 11. The third-order valence-electron chi connectivity index (χ3n) is 4.19. The molecule has 32 heavy (non-hydrogen) atoms. The predicted molar refractivity (Wildman–Crippen MR) is 108 cm³/mol. The summed E-state index contributed by atoms with van der Waals surface area (Å²) in [6.45, 7) is 2.65. The molecule has 2 unspecified atom stereocenters. The first-order valence-corrected chi connectivity index (χ1v) is 11.2. The van der Waals surface area contributed by atoms with Gasteiger partial charge in [0.1, 0.15) is 6.23 Å². The molecule has 0 bridgehead atoms. The molecule has 1 saturated heterocycles. The van der Waals surface area contributed by atoms with Gasteiger partial charge in [0.15, 0.2) is 12.4 Å². The van der Waals surface area contributed by atoms with Gasteiger partial charge in [0.25, 0.3) is 0 Å². The lowest BCUT2D eigenvalue weighted by Gasteiger charge is -2.32. The number of nitrogens with one attached hydrogen (secondary N) is 1. The number of carbonyl (C=O) groups is 2. The highest BCUT2D eigenvalue weighted by molar-refractivity contribution is 7.48. The second-order valence-electron chi connectivity index (χ2n) is 6.99. The summed E-state index contributed by atoms with van der Waals surface area (Å²) in [7, 11) is -4.35. The van der Waals surface area contributed by atoms with Gasteiger partial charge in [0.2, 0.25) is 6.79 Å². The number of ether oxygens (including phenoxy) is 3. The molecule has 0 radical (unpaired) electrons. The highest BCUT2D eigenvalue weighted by atomic mass is 31.2. The van der Waals surface area contributed by atoms with Crippen molar-refractivity contribution in [2.45, 2.75) is 57.7 Å². The molecule has 14 heteroatoms. The van der Waals surface area contributed by atoms with Crippen LogP contribution in [0, 0.1) is 11.8 Å². The monoisotopic (exact) mass is 477 g/mol. The number of phosphoric acid groups is 1. The van der Waals surface area contributed by atoms with Crippen molar-refractivity contribution in [3.63, 3.8) is 0 Å². The topological polar surface area (TPSA) is 168 Å². The van der Waals surface area contributed by atoms with E-state index in [0.29, 0.717) is 12.8 Å². The van der Waals surface area contributed by atoms with Crippen LogP contribution < -0.4 is 11.1 Å². The molecule has 0 saturated carbocycles. The lowest BCUT2D eigenvalue weighted by Crippen LogP contribution is -2.53. The zero-order chi connectivity index (χ0) is 23.8. The fourth-order valence-corrected chi connectivity index (χ4v) is 3.78. The van der Waals surface area contributed by atoms with E-state index in [1.807, 2.05) is 0 Å². The van der Waals surface area contributed by atoms with E-state index in [4.69, 9.17) is 29.4 Å². The van der Waals surface area contributed by atoms with Crippen LogP contribution in [0.1, 0.15) is 33.6 Å². The van der Waals surface area contributed by atoms with Gasteiger partial charge in [-0.15, -0.1) is 5.92 Å². The zero-order valence-corrected chi connectivity index (χ0v) is 18.9. The Bertz CT molecular complexity index is 811. The number of aliphatic hydroxyl groups is 1. The van der Waals surface area contributed by atoms with Crippen LogP contribution in [0.2, 0.25) is 0 Å². The van der Waals surface area contributed by atoms with Crippen molar-refractivity contribution in [3.8, 4) is 11.8 Å². The number of amides is 2. The second-order valence-corrected chi connectivity index (χ2v) is 8.66. The summed E-state index contributed by atoms with van der Waals surface area (Å²) in [5, 5.41) is 11.6. The van der Waals surface area contributed by atoms with Crippen molar-refractivity contribution in [2.24, 2.45) is 5.73 Å². The van der Waals surface area contributed by atoms with Crippen LogP contribution in [-0.4, -0.2) is 66.5 Å². The van der Waals surface area contributed by atoms with Crippen LogP contribution in [0.15, 0.2) is 12.3 Å².